The molecule has 0 spiro atoms. The first-order valence-electron chi connectivity index (χ1n) is 6.30. The minimum atomic E-state index is -0.826. The molecule has 2 heterocycles. The van der Waals surface area contributed by atoms with E-state index < -0.39 is 18.0 Å². The Morgan fingerprint density at radius 1 is 1.37 bits per heavy atom. The maximum atomic E-state index is 12.1. The molecule has 0 aromatic carbocycles. The number of ether oxygens (including phenoxy) is 1. The Bertz CT molecular complexity index is 414. The average molecular weight is 267 g/mol. The van der Waals surface area contributed by atoms with Gasteiger partial charge in [-0.2, -0.15) is 5.26 Å². The fourth-order valence-corrected chi connectivity index (χ4v) is 2.29. The van der Waals surface area contributed by atoms with E-state index in [1.54, 1.807) is 16.7 Å². The van der Waals surface area contributed by atoms with Crippen molar-refractivity contribution in [2.45, 2.75) is 13.0 Å². The molecule has 0 aliphatic carbocycles. The quantitative estimate of drug-likeness (QED) is 0.759. The zero-order valence-electron chi connectivity index (χ0n) is 10.8. The Balaban J connectivity index is 1.83. The van der Waals surface area contributed by atoms with E-state index in [-0.39, 0.29) is 18.5 Å². The first-order valence-corrected chi connectivity index (χ1v) is 6.30. The number of amides is 2. The molecule has 7 nitrogen and oxygen atoms in total. The van der Waals surface area contributed by atoms with Gasteiger partial charge < -0.3 is 19.6 Å². The molecular formula is C12H17N3O4. The van der Waals surface area contributed by atoms with E-state index in [1.807, 2.05) is 6.07 Å². The molecule has 0 bridgehead atoms. The van der Waals surface area contributed by atoms with Crippen LogP contribution in [0.5, 0.6) is 0 Å². The number of nitrogens with zero attached hydrogens (tertiary/aromatic N) is 3. The second kappa shape index (κ2) is 5.45. The van der Waals surface area contributed by atoms with Gasteiger partial charge in [0.2, 0.25) is 0 Å². The van der Waals surface area contributed by atoms with Crippen molar-refractivity contribution in [3.63, 3.8) is 0 Å². The minimum Gasteiger partial charge on any atom is -0.481 e. The molecule has 7 heteroatoms. The van der Waals surface area contributed by atoms with Gasteiger partial charge in [-0.05, 0) is 0 Å². The van der Waals surface area contributed by atoms with Crippen LogP contribution in [-0.2, 0) is 9.53 Å². The monoisotopic (exact) mass is 267 g/mol. The highest BCUT2D eigenvalue weighted by Crippen LogP contribution is 2.25. The molecule has 2 unspecified atom stereocenters. The van der Waals surface area contributed by atoms with Gasteiger partial charge in [0.05, 0.1) is 25.1 Å². The average Bonchev–Trinajstić information content (AvgIpc) is 2.36. The number of carbonyl (C=O) groups excluding carboxylic acids is 1. The molecule has 0 saturated carbocycles. The predicted octanol–water partition coefficient (Wildman–Crippen LogP) is -0.0167. The third-order valence-electron chi connectivity index (χ3n) is 3.76. The number of nitriles is 1. The van der Waals surface area contributed by atoms with Crippen molar-refractivity contribution in [3.05, 3.63) is 0 Å². The van der Waals surface area contributed by atoms with Crippen LogP contribution in [0.25, 0.3) is 0 Å². The second-order valence-corrected chi connectivity index (χ2v) is 5.01. The van der Waals surface area contributed by atoms with E-state index in [2.05, 4.69) is 0 Å². The number of rotatable bonds is 2. The summed E-state index contributed by atoms with van der Waals surface area (Å²) in [6.07, 6.45) is -0.562. The number of carbonyl (C=O) groups is 2. The lowest BCUT2D eigenvalue weighted by molar-refractivity contribution is -0.145. The number of morpholine rings is 1. The third kappa shape index (κ3) is 2.79. The number of urea groups is 1. The largest absolute Gasteiger partial charge is 0.481 e. The number of aliphatic carboxylic acids is 1. The van der Waals surface area contributed by atoms with Crippen molar-refractivity contribution in [1.82, 2.24) is 9.80 Å². The van der Waals surface area contributed by atoms with Crippen LogP contribution in [0.1, 0.15) is 6.92 Å². The Morgan fingerprint density at radius 3 is 2.63 bits per heavy atom. The van der Waals surface area contributed by atoms with E-state index >= 15 is 0 Å². The molecule has 2 rings (SSSR count). The summed E-state index contributed by atoms with van der Waals surface area (Å²) in [7, 11) is 0. The summed E-state index contributed by atoms with van der Waals surface area (Å²) in [6.45, 7) is 3.74. The molecular weight excluding hydrogens is 250 g/mol. The molecule has 2 aliphatic rings. The van der Waals surface area contributed by atoms with E-state index in [0.29, 0.717) is 26.2 Å². The number of hydrogen-bond acceptors (Lipinski definition) is 4. The van der Waals surface area contributed by atoms with Gasteiger partial charge in [0, 0.05) is 25.6 Å². The maximum Gasteiger partial charge on any atom is 0.320 e. The summed E-state index contributed by atoms with van der Waals surface area (Å²) < 4.78 is 5.18. The van der Waals surface area contributed by atoms with Crippen molar-refractivity contribution in [3.8, 4) is 6.07 Å². The van der Waals surface area contributed by atoms with Crippen molar-refractivity contribution in [2.24, 2.45) is 11.8 Å². The molecule has 0 radical (unpaired) electrons. The van der Waals surface area contributed by atoms with Crippen molar-refractivity contribution >= 4 is 12.0 Å². The van der Waals surface area contributed by atoms with E-state index in [4.69, 9.17) is 15.1 Å². The van der Waals surface area contributed by atoms with Crippen LogP contribution in [0, 0.1) is 23.2 Å². The van der Waals surface area contributed by atoms with Gasteiger partial charge in [-0.3, -0.25) is 4.79 Å². The van der Waals surface area contributed by atoms with Crippen molar-refractivity contribution < 1.29 is 19.4 Å². The summed E-state index contributed by atoms with van der Waals surface area (Å²) in [5.74, 6) is -1.23. The molecule has 2 fully saturated rings. The molecule has 2 aliphatic heterocycles. The Morgan fingerprint density at radius 2 is 2.05 bits per heavy atom. The molecule has 0 aromatic rings. The Kier molecular flexibility index (Phi) is 3.90. The Labute approximate surface area is 111 Å². The first-order chi connectivity index (χ1) is 9.02. The summed E-state index contributed by atoms with van der Waals surface area (Å²) in [4.78, 5) is 26.2. The summed E-state index contributed by atoms with van der Waals surface area (Å²) in [5, 5.41) is 17.7. The molecule has 2 saturated heterocycles. The molecule has 104 valence electrons. The van der Waals surface area contributed by atoms with Crippen LogP contribution in [-0.4, -0.2) is 65.8 Å². The van der Waals surface area contributed by atoms with Crippen LogP contribution in [0.3, 0.4) is 0 Å². The zero-order chi connectivity index (χ0) is 14.0. The minimum absolute atomic E-state index is 0.0225. The van der Waals surface area contributed by atoms with Gasteiger partial charge in [-0.1, -0.05) is 6.92 Å². The highest BCUT2D eigenvalue weighted by Gasteiger charge is 2.39. The number of likely N-dealkylation sites (tertiary alicyclic amines) is 1. The normalized spacial score (nSPS) is 25.4. The van der Waals surface area contributed by atoms with Crippen molar-refractivity contribution in [1.29, 1.82) is 5.26 Å². The van der Waals surface area contributed by atoms with E-state index in [1.165, 1.54) is 0 Å². The van der Waals surface area contributed by atoms with Crippen LogP contribution in [0.2, 0.25) is 0 Å². The maximum absolute atomic E-state index is 12.1. The number of hydrogen-bond donors (Lipinski definition) is 1. The lowest BCUT2D eigenvalue weighted by Crippen LogP contribution is -2.59. The van der Waals surface area contributed by atoms with Gasteiger partial charge >= 0.3 is 12.0 Å². The van der Waals surface area contributed by atoms with Gasteiger partial charge in [-0.25, -0.2) is 4.79 Å². The van der Waals surface area contributed by atoms with Gasteiger partial charge in [-0.15, -0.1) is 0 Å². The van der Waals surface area contributed by atoms with Crippen molar-refractivity contribution in [2.75, 3.05) is 32.8 Å². The van der Waals surface area contributed by atoms with Crippen LogP contribution in [0.4, 0.5) is 4.79 Å². The van der Waals surface area contributed by atoms with Crippen LogP contribution >= 0.6 is 0 Å². The van der Waals surface area contributed by atoms with Gasteiger partial charge in [0.1, 0.15) is 0 Å². The van der Waals surface area contributed by atoms with Gasteiger partial charge in [0.15, 0.2) is 6.10 Å². The highest BCUT2D eigenvalue weighted by atomic mass is 16.5. The fourth-order valence-electron chi connectivity index (χ4n) is 2.29. The predicted molar refractivity (Wildman–Crippen MR) is 64.2 cm³/mol. The summed E-state index contributed by atoms with van der Waals surface area (Å²) in [6, 6.07) is 1.87. The molecule has 19 heavy (non-hydrogen) atoms. The lowest BCUT2D eigenvalue weighted by Gasteiger charge is -2.44. The number of carboxylic acids is 1. The molecule has 2 amide bonds. The standard InChI is InChI=1S/C12H17N3O4/c1-8(11(16)17)9-5-15(6-9)12(18)14-2-3-19-10(4-13)7-14/h8-10H,2-3,5-7H2,1H3,(H,16,17). The fraction of sp³-hybridized carbons (Fsp3) is 0.750. The summed E-state index contributed by atoms with van der Waals surface area (Å²) in [5.41, 5.74) is 0. The van der Waals surface area contributed by atoms with Gasteiger partial charge in [0.25, 0.3) is 0 Å². The van der Waals surface area contributed by atoms with Crippen LogP contribution in [0.15, 0.2) is 0 Å². The smallest absolute Gasteiger partial charge is 0.320 e. The van der Waals surface area contributed by atoms with E-state index in [0.717, 1.165) is 0 Å². The molecule has 1 N–H and O–H groups in total. The SMILES string of the molecule is CC(C(=O)O)C1CN(C(=O)N2CCOC(C#N)C2)C1. The topological polar surface area (TPSA) is 93.9 Å². The van der Waals surface area contributed by atoms with Crippen LogP contribution < -0.4 is 0 Å². The molecule has 0 aromatic heterocycles. The Hall–Kier alpha value is -1.81. The third-order valence-corrected chi connectivity index (χ3v) is 3.76. The highest BCUT2D eigenvalue weighted by molar-refractivity contribution is 5.76. The molecule has 2 atom stereocenters. The zero-order valence-corrected chi connectivity index (χ0v) is 10.8. The lowest BCUT2D eigenvalue weighted by atomic mass is 9.87. The first kappa shape index (κ1) is 13.6. The number of carboxylic acid groups (broad SMARTS) is 1. The summed E-state index contributed by atoms with van der Waals surface area (Å²) >= 11 is 0. The van der Waals surface area contributed by atoms with E-state index in [9.17, 15) is 9.59 Å². The second-order valence-electron chi connectivity index (χ2n) is 5.01.